The van der Waals surface area contributed by atoms with Crippen molar-refractivity contribution in [1.82, 2.24) is 5.32 Å². The van der Waals surface area contributed by atoms with Crippen molar-refractivity contribution in [3.63, 3.8) is 0 Å². The summed E-state index contributed by atoms with van der Waals surface area (Å²) in [7, 11) is 0. The maximum atomic E-state index is 12.1. The van der Waals surface area contributed by atoms with Crippen LogP contribution in [0.3, 0.4) is 0 Å². The fourth-order valence-corrected chi connectivity index (χ4v) is 2.50. The van der Waals surface area contributed by atoms with E-state index in [-0.39, 0.29) is 29.9 Å². The predicted octanol–water partition coefficient (Wildman–Crippen LogP) is 2.05. The van der Waals surface area contributed by atoms with Crippen LogP contribution in [-0.4, -0.2) is 30.5 Å². The van der Waals surface area contributed by atoms with Crippen molar-refractivity contribution in [3.8, 4) is 5.75 Å². The van der Waals surface area contributed by atoms with Crippen molar-refractivity contribution in [2.75, 3.05) is 18.5 Å². The molecule has 0 unspecified atom stereocenters. The third-order valence-corrected chi connectivity index (χ3v) is 4.57. The molecule has 132 valence electrons. The van der Waals surface area contributed by atoms with Gasteiger partial charge in [-0.05, 0) is 37.8 Å². The summed E-state index contributed by atoms with van der Waals surface area (Å²) in [4.78, 5) is 23.9. The molecular formula is C18H27N3O3. The molecule has 6 nitrogen and oxygen atoms in total. The summed E-state index contributed by atoms with van der Waals surface area (Å²) in [6, 6.07) is 7.08. The molecule has 0 spiro atoms. The zero-order valence-corrected chi connectivity index (χ0v) is 14.4. The van der Waals surface area contributed by atoms with E-state index >= 15 is 0 Å². The van der Waals surface area contributed by atoms with E-state index in [1.807, 2.05) is 13.8 Å². The molecule has 2 amide bonds. The van der Waals surface area contributed by atoms with Gasteiger partial charge >= 0.3 is 0 Å². The molecule has 1 aliphatic rings. The summed E-state index contributed by atoms with van der Waals surface area (Å²) in [5.41, 5.74) is 6.09. The van der Waals surface area contributed by atoms with Crippen LogP contribution in [-0.2, 0) is 9.59 Å². The SMILES string of the molecule is CCC(CC)(CN)NC(=O)COc1cccc(NC(=O)C2CC2)c1. The Labute approximate surface area is 143 Å². The van der Waals surface area contributed by atoms with E-state index in [1.165, 1.54) is 0 Å². The van der Waals surface area contributed by atoms with E-state index in [2.05, 4.69) is 10.6 Å². The quantitative estimate of drug-likeness (QED) is 0.645. The molecule has 1 fully saturated rings. The third-order valence-electron chi connectivity index (χ3n) is 4.57. The van der Waals surface area contributed by atoms with Crippen molar-refractivity contribution < 1.29 is 14.3 Å². The zero-order valence-electron chi connectivity index (χ0n) is 14.4. The molecule has 0 aromatic heterocycles. The molecule has 24 heavy (non-hydrogen) atoms. The van der Waals surface area contributed by atoms with E-state index in [1.54, 1.807) is 24.3 Å². The molecule has 1 aromatic rings. The lowest BCUT2D eigenvalue weighted by Crippen LogP contribution is -2.54. The second kappa shape index (κ2) is 8.15. The second-order valence-electron chi connectivity index (χ2n) is 6.32. The number of hydrogen-bond acceptors (Lipinski definition) is 4. The number of rotatable bonds is 9. The summed E-state index contributed by atoms with van der Waals surface area (Å²) < 4.78 is 5.54. The summed E-state index contributed by atoms with van der Waals surface area (Å²) in [6.45, 7) is 4.32. The van der Waals surface area contributed by atoms with Crippen LogP contribution in [0.1, 0.15) is 39.5 Å². The van der Waals surface area contributed by atoms with Gasteiger partial charge in [-0.2, -0.15) is 0 Å². The van der Waals surface area contributed by atoms with Gasteiger partial charge < -0.3 is 21.1 Å². The lowest BCUT2D eigenvalue weighted by Gasteiger charge is -2.31. The molecule has 2 rings (SSSR count). The van der Waals surface area contributed by atoms with Gasteiger partial charge in [0.2, 0.25) is 5.91 Å². The Morgan fingerprint density at radius 2 is 2.00 bits per heavy atom. The van der Waals surface area contributed by atoms with E-state index in [0.29, 0.717) is 18.0 Å². The van der Waals surface area contributed by atoms with Crippen molar-refractivity contribution in [2.45, 2.75) is 45.1 Å². The molecule has 0 aliphatic heterocycles. The Hall–Kier alpha value is -2.08. The topological polar surface area (TPSA) is 93.4 Å². The third kappa shape index (κ3) is 4.96. The number of benzene rings is 1. The van der Waals surface area contributed by atoms with Crippen molar-refractivity contribution in [1.29, 1.82) is 0 Å². The lowest BCUT2D eigenvalue weighted by molar-refractivity contribution is -0.125. The molecule has 6 heteroatoms. The first kappa shape index (κ1) is 18.3. The fourth-order valence-electron chi connectivity index (χ4n) is 2.50. The van der Waals surface area contributed by atoms with Gasteiger partial charge in [-0.15, -0.1) is 0 Å². The van der Waals surface area contributed by atoms with E-state index in [4.69, 9.17) is 10.5 Å². The Morgan fingerprint density at radius 3 is 2.58 bits per heavy atom. The number of anilines is 1. The van der Waals surface area contributed by atoms with E-state index in [0.717, 1.165) is 25.7 Å². The van der Waals surface area contributed by atoms with Gasteiger partial charge in [-0.25, -0.2) is 0 Å². The summed E-state index contributed by atoms with van der Waals surface area (Å²) in [5, 5.41) is 5.82. The fraction of sp³-hybridized carbons (Fsp3) is 0.556. The van der Waals surface area contributed by atoms with Gasteiger partial charge in [-0.3, -0.25) is 9.59 Å². The van der Waals surface area contributed by atoms with Gasteiger partial charge in [0, 0.05) is 24.2 Å². The average molecular weight is 333 g/mol. The van der Waals surface area contributed by atoms with Crippen LogP contribution in [0.4, 0.5) is 5.69 Å². The Bertz CT molecular complexity index is 572. The molecular weight excluding hydrogens is 306 g/mol. The summed E-state index contributed by atoms with van der Waals surface area (Å²) in [6.07, 6.45) is 3.46. The van der Waals surface area contributed by atoms with Crippen molar-refractivity contribution in [3.05, 3.63) is 24.3 Å². The van der Waals surface area contributed by atoms with Crippen LogP contribution in [0, 0.1) is 5.92 Å². The highest BCUT2D eigenvalue weighted by Gasteiger charge is 2.29. The Kier molecular flexibility index (Phi) is 6.20. The van der Waals surface area contributed by atoms with Gasteiger partial charge in [0.15, 0.2) is 6.61 Å². The molecule has 1 aliphatic carbocycles. The molecule has 1 saturated carbocycles. The number of nitrogens with two attached hydrogens (primary N) is 1. The number of nitrogens with one attached hydrogen (secondary N) is 2. The Morgan fingerprint density at radius 1 is 1.29 bits per heavy atom. The molecule has 0 bridgehead atoms. The van der Waals surface area contributed by atoms with Crippen LogP contribution < -0.4 is 21.1 Å². The van der Waals surface area contributed by atoms with E-state index < -0.39 is 0 Å². The largest absolute Gasteiger partial charge is 0.484 e. The first-order valence-electron chi connectivity index (χ1n) is 8.56. The zero-order chi connectivity index (χ0) is 17.6. The number of hydrogen-bond donors (Lipinski definition) is 3. The van der Waals surface area contributed by atoms with Crippen molar-refractivity contribution >= 4 is 17.5 Å². The normalized spacial score (nSPS) is 14.1. The Balaban J connectivity index is 1.87. The molecule has 0 radical (unpaired) electrons. The van der Waals surface area contributed by atoms with Crippen molar-refractivity contribution in [2.24, 2.45) is 11.7 Å². The smallest absolute Gasteiger partial charge is 0.258 e. The van der Waals surface area contributed by atoms with Gasteiger partial charge in [0.1, 0.15) is 5.75 Å². The van der Waals surface area contributed by atoms with Crippen LogP contribution in [0.15, 0.2) is 24.3 Å². The molecule has 0 heterocycles. The van der Waals surface area contributed by atoms with Gasteiger partial charge in [-0.1, -0.05) is 19.9 Å². The number of carbonyl (C=O) groups excluding carboxylic acids is 2. The lowest BCUT2D eigenvalue weighted by atomic mass is 9.93. The van der Waals surface area contributed by atoms with Gasteiger partial charge in [0.05, 0.1) is 5.54 Å². The molecule has 1 aromatic carbocycles. The standard InChI is InChI=1S/C18H27N3O3/c1-3-18(4-2,12-19)21-16(22)11-24-15-7-5-6-14(10-15)20-17(23)13-8-9-13/h5-7,10,13H,3-4,8-9,11-12,19H2,1-2H3,(H,20,23)(H,21,22). The van der Waals surface area contributed by atoms with Crippen LogP contribution in [0.5, 0.6) is 5.75 Å². The highest BCUT2D eigenvalue weighted by molar-refractivity contribution is 5.94. The maximum absolute atomic E-state index is 12.1. The minimum absolute atomic E-state index is 0.0449. The molecule has 4 N–H and O–H groups in total. The monoisotopic (exact) mass is 333 g/mol. The highest BCUT2D eigenvalue weighted by Crippen LogP contribution is 2.30. The molecule has 0 saturated heterocycles. The number of ether oxygens (including phenoxy) is 1. The van der Waals surface area contributed by atoms with Gasteiger partial charge in [0.25, 0.3) is 5.91 Å². The minimum Gasteiger partial charge on any atom is -0.484 e. The van der Waals surface area contributed by atoms with Crippen LogP contribution in [0.2, 0.25) is 0 Å². The van der Waals surface area contributed by atoms with Crippen LogP contribution >= 0.6 is 0 Å². The highest BCUT2D eigenvalue weighted by atomic mass is 16.5. The first-order valence-corrected chi connectivity index (χ1v) is 8.56. The second-order valence-corrected chi connectivity index (χ2v) is 6.32. The average Bonchev–Trinajstić information content (AvgIpc) is 3.43. The predicted molar refractivity (Wildman–Crippen MR) is 93.8 cm³/mol. The summed E-state index contributed by atoms with van der Waals surface area (Å²) in [5.74, 6) is 0.540. The molecule has 0 atom stereocenters. The maximum Gasteiger partial charge on any atom is 0.258 e. The van der Waals surface area contributed by atoms with Crippen LogP contribution in [0.25, 0.3) is 0 Å². The minimum atomic E-state index is -0.374. The number of carbonyl (C=O) groups is 2. The number of amides is 2. The summed E-state index contributed by atoms with van der Waals surface area (Å²) >= 11 is 0. The van der Waals surface area contributed by atoms with E-state index in [9.17, 15) is 9.59 Å². The first-order chi connectivity index (χ1) is 11.5.